The summed E-state index contributed by atoms with van der Waals surface area (Å²) in [6.45, 7) is 9.22. The molecule has 0 spiro atoms. The molecule has 18 heavy (non-hydrogen) atoms. The molecule has 0 bridgehead atoms. The molecule has 6 nitrogen and oxygen atoms in total. The van der Waals surface area contributed by atoms with E-state index in [1.54, 1.807) is 6.07 Å². The van der Waals surface area contributed by atoms with Crippen molar-refractivity contribution in [3.05, 3.63) is 25.3 Å². The number of nitrogens with one attached hydrogen (secondary N) is 1. The summed E-state index contributed by atoms with van der Waals surface area (Å²) in [7, 11) is -4.33. The van der Waals surface area contributed by atoms with Crippen LogP contribution in [0.5, 0.6) is 0 Å². The van der Waals surface area contributed by atoms with E-state index in [-0.39, 0.29) is 29.6 Å². The van der Waals surface area contributed by atoms with Crippen molar-refractivity contribution in [1.29, 1.82) is 5.26 Å². The summed E-state index contributed by atoms with van der Waals surface area (Å²) >= 11 is 0. The van der Waals surface area contributed by atoms with Crippen LogP contribution in [0.1, 0.15) is 13.8 Å². The molecule has 0 aliphatic carbocycles. The van der Waals surface area contributed by atoms with Gasteiger partial charge >= 0.3 is 29.6 Å². The summed E-state index contributed by atoms with van der Waals surface area (Å²) in [5.41, 5.74) is -1.06. The van der Waals surface area contributed by atoms with Gasteiger partial charge in [0.05, 0.1) is 21.9 Å². The Morgan fingerprint density at radius 3 is 2.11 bits per heavy atom. The number of rotatable bonds is 4. The molecule has 0 unspecified atom stereocenters. The van der Waals surface area contributed by atoms with Crippen molar-refractivity contribution in [2.75, 3.05) is 5.75 Å². The molecule has 8 heteroatoms. The minimum Gasteiger partial charge on any atom is -0.748 e. The van der Waals surface area contributed by atoms with E-state index in [0.717, 1.165) is 6.08 Å². The monoisotopic (exact) mass is 282 g/mol. The van der Waals surface area contributed by atoms with Crippen molar-refractivity contribution in [2.45, 2.75) is 19.4 Å². The molecule has 0 aromatic heterocycles. The Labute approximate surface area is 130 Å². The van der Waals surface area contributed by atoms with Gasteiger partial charge in [0.2, 0.25) is 5.91 Å². The third-order valence-electron chi connectivity index (χ3n) is 1.28. The van der Waals surface area contributed by atoms with Gasteiger partial charge in [-0.25, -0.2) is 8.42 Å². The van der Waals surface area contributed by atoms with Gasteiger partial charge in [-0.15, -0.1) is 0 Å². The fraction of sp³-hybridized carbons (Fsp3) is 0.400. The van der Waals surface area contributed by atoms with E-state index in [4.69, 9.17) is 5.26 Å². The standard InChI is InChI=1S/C7H13NO4S.C3H3N.Na/c1-4-6(9)8-7(2,3)5-13(10,11)12;1-2-3-4;/h4H,1,5H2,2-3H3,(H,8,9)(H,10,11,12);2H,1H2;/q;;+1/p-1. The molecule has 0 aromatic carbocycles. The molecule has 0 heterocycles. The third-order valence-corrected chi connectivity index (χ3v) is 2.35. The minimum atomic E-state index is -4.33. The number of hydrogen-bond donors (Lipinski definition) is 1. The van der Waals surface area contributed by atoms with Crippen LogP contribution in [-0.2, 0) is 14.9 Å². The van der Waals surface area contributed by atoms with Crippen molar-refractivity contribution in [3.8, 4) is 6.07 Å². The molecule has 96 valence electrons. The number of hydrogen-bond acceptors (Lipinski definition) is 5. The smallest absolute Gasteiger partial charge is 0.748 e. The predicted octanol–water partition coefficient (Wildman–Crippen LogP) is -2.69. The Hall–Kier alpha value is -0.650. The number of carbonyl (C=O) groups is 1. The summed E-state index contributed by atoms with van der Waals surface area (Å²) in [6, 6.07) is 1.69. The second kappa shape index (κ2) is 10.3. The predicted molar refractivity (Wildman–Crippen MR) is 62.8 cm³/mol. The average Bonchev–Trinajstić information content (AvgIpc) is 2.13. The number of allylic oxidation sites excluding steroid dienone is 1. The Morgan fingerprint density at radius 1 is 1.50 bits per heavy atom. The van der Waals surface area contributed by atoms with Crippen LogP contribution < -0.4 is 34.9 Å². The van der Waals surface area contributed by atoms with Crippen molar-refractivity contribution in [3.63, 3.8) is 0 Å². The van der Waals surface area contributed by atoms with E-state index in [2.05, 4.69) is 18.5 Å². The van der Waals surface area contributed by atoms with Crippen molar-refractivity contribution in [2.24, 2.45) is 0 Å². The van der Waals surface area contributed by atoms with Gasteiger partial charge in [-0.3, -0.25) is 4.79 Å². The Bertz CT molecular complexity index is 424. The fourth-order valence-electron chi connectivity index (χ4n) is 0.863. The van der Waals surface area contributed by atoms with E-state index in [1.165, 1.54) is 19.9 Å². The van der Waals surface area contributed by atoms with Crippen LogP contribution in [-0.4, -0.2) is 30.2 Å². The van der Waals surface area contributed by atoms with E-state index in [0.29, 0.717) is 0 Å². The van der Waals surface area contributed by atoms with E-state index in [9.17, 15) is 17.8 Å². The minimum absolute atomic E-state index is 0. The van der Waals surface area contributed by atoms with E-state index in [1.807, 2.05) is 0 Å². The normalized spacial score (nSPS) is 9.67. The summed E-state index contributed by atoms with van der Waals surface area (Å²) in [6.07, 6.45) is 2.19. The molecule has 0 saturated carbocycles. The topological polar surface area (TPSA) is 110 Å². The molecule has 0 fully saturated rings. The first-order chi connectivity index (χ1) is 7.58. The third kappa shape index (κ3) is 17.7. The Morgan fingerprint density at radius 2 is 1.89 bits per heavy atom. The molecule has 1 amide bonds. The average molecular weight is 282 g/mol. The fourth-order valence-corrected chi connectivity index (χ4v) is 1.82. The quantitative estimate of drug-likeness (QED) is 0.261. The van der Waals surface area contributed by atoms with Crippen LogP contribution in [0.2, 0.25) is 0 Å². The zero-order valence-corrected chi connectivity index (χ0v) is 13.6. The van der Waals surface area contributed by atoms with Gasteiger partial charge in [0.15, 0.2) is 0 Å². The maximum Gasteiger partial charge on any atom is 1.00 e. The summed E-state index contributed by atoms with van der Waals surface area (Å²) < 4.78 is 31.2. The number of carbonyl (C=O) groups excluding carboxylic acids is 1. The maximum atomic E-state index is 10.8. The Balaban J connectivity index is -0.000000392. The molecule has 0 aliphatic rings. The van der Waals surface area contributed by atoms with Crippen molar-refractivity contribution in [1.82, 2.24) is 5.32 Å². The summed E-state index contributed by atoms with van der Waals surface area (Å²) in [4.78, 5) is 10.8. The van der Waals surface area contributed by atoms with Crippen LogP contribution >= 0.6 is 0 Å². The first-order valence-electron chi connectivity index (χ1n) is 4.46. The van der Waals surface area contributed by atoms with Crippen LogP contribution in [0.4, 0.5) is 0 Å². The first kappa shape index (κ1) is 22.5. The van der Waals surface area contributed by atoms with Gasteiger partial charge in [0, 0.05) is 11.6 Å². The molecule has 0 atom stereocenters. The van der Waals surface area contributed by atoms with Gasteiger partial charge in [-0.05, 0) is 19.9 Å². The molecular formula is C10H15N2NaO4S. The van der Waals surface area contributed by atoms with Gasteiger partial charge in [-0.2, -0.15) is 5.26 Å². The first-order valence-corrected chi connectivity index (χ1v) is 6.04. The molecule has 0 aliphatic heterocycles. The largest absolute Gasteiger partial charge is 1.00 e. The number of nitrogens with zero attached hydrogens (tertiary/aromatic N) is 1. The van der Waals surface area contributed by atoms with Crippen molar-refractivity contribution >= 4 is 16.0 Å². The van der Waals surface area contributed by atoms with Crippen LogP contribution in [0.15, 0.2) is 25.3 Å². The molecule has 1 N–H and O–H groups in total. The van der Waals surface area contributed by atoms with Gasteiger partial charge in [-0.1, -0.05) is 13.2 Å². The summed E-state index contributed by atoms with van der Waals surface area (Å²) in [5.74, 6) is -1.15. The molecule has 0 rings (SSSR count). The zero-order valence-electron chi connectivity index (χ0n) is 10.8. The SMILES string of the molecule is C=CC#N.C=CC(=O)NC(C)(C)CS(=O)(=O)[O-].[Na+]. The van der Waals surface area contributed by atoms with Crippen LogP contribution in [0, 0.1) is 11.3 Å². The molecule has 0 aromatic rings. The summed E-state index contributed by atoms with van der Waals surface area (Å²) in [5, 5.41) is 9.83. The van der Waals surface area contributed by atoms with E-state index < -0.39 is 27.3 Å². The van der Waals surface area contributed by atoms with Crippen LogP contribution in [0.3, 0.4) is 0 Å². The van der Waals surface area contributed by atoms with Gasteiger partial charge in [0.25, 0.3) is 0 Å². The van der Waals surface area contributed by atoms with Crippen molar-refractivity contribution < 1.29 is 47.3 Å². The molecular weight excluding hydrogens is 267 g/mol. The number of nitriles is 1. The van der Waals surface area contributed by atoms with Gasteiger partial charge < -0.3 is 9.87 Å². The molecule has 0 radical (unpaired) electrons. The van der Waals surface area contributed by atoms with E-state index >= 15 is 0 Å². The maximum absolute atomic E-state index is 10.8. The second-order valence-corrected chi connectivity index (χ2v) is 5.02. The zero-order chi connectivity index (χ0) is 14.1. The van der Waals surface area contributed by atoms with Crippen LogP contribution in [0.25, 0.3) is 0 Å². The second-order valence-electron chi connectivity index (χ2n) is 3.61. The molecule has 0 saturated heterocycles. The Kier molecular flexibility index (Phi) is 12.9. The number of amides is 1. The van der Waals surface area contributed by atoms with Gasteiger partial charge in [0.1, 0.15) is 0 Å².